The Hall–Kier alpha value is -0.410. The molecule has 0 atom stereocenters. The first-order valence-corrected chi connectivity index (χ1v) is 4.45. The number of nitrogens with two attached hydrogens (primary N) is 1. The molecule has 0 aliphatic rings. The maximum atomic E-state index is 5.41. The molecular weight excluding hydrogens is 228 g/mol. The fourth-order valence-electron chi connectivity index (χ4n) is 1.22. The lowest BCUT2D eigenvalue weighted by Crippen LogP contribution is -2.00. The van der Waals surface area contributed by atoms with E-state index in [4.69, 9.17) is 5.73 Å². The summed E-state index contributed by atoms with van der Waals surface area (Å²) in [6.45, 7) is 2.89. The van der Waals surface area contributed by atoms with Crippen LogP contribution < -0.4 is 5.73 Å². The van der Waals surface area contributed by atoms with Crippen molar-refractivity contribution in [3.8, 4) is 0 Å². The summed E-state index contributed by atoms with van der Waals surface area (Å²) in [6.07, 6.45) is 5.15. The number of rotatable bonds is 4. The third-order valence-corrected chi connectivity index (χ3v) is 1.99. The monoisotopic (exact) mass is 244 g/mol. The van der Waals surface area contributed by atoms with Gasteiger partial charge >= 0.3 is 0 Å². The molecule has 0 saturated carbocycles. The van der Waals surface area contributed by atoms with E-state index in [1.54, 1.807) is 0 Å². The largest absolute Gasteiger partial charge is 0.330 e. The SMILES string of the molecule is Br.Cc1cccnc1CCCCN. The molecule has 0 fully saturated rings. The van der Waals surface area contributed by atoms with Gasteiger partial charge in [0.25, 0.3) is 0 Å². The van der Waals surface area contributed by atoms with Crippen LogP contribution in [0.2, 0.25) is 0 Å². The van der Waals surface area contributed by atoms with Crippen molar-refractivity contribution in [2.24, 2.45) is 5.73 Å². The minimum absolute atomic E-state index is 0. The van der Waals surface area contributed by atoms with Crippen molar-refractivity contribution in [3.63, 3.8) is 0 Å². The molecular formula is C10H17BrN2. The summed E-state index contributed by atoms with van der Waals surface area (Å²) >= 11 is 0. The molecule has 2 N–H and O–H groups in total. The number of halogens is 1. The average molecular weight is 245 g/mol. The quantitative estimate of drug-likeness (QED) is 0.826. The van der Waals surface area contributed by atoms with Gasteiger partial charge in [-0.05, 0) is 44.4 Å². The smallest absolute Gasteiger partial charge is 0.0432 e. The molecule has 1 aromatic heterocycles. The summed E-state index contributed by atoms with van der Waals surface area (Å²) in [5.41, 5.74) is 7.91. The van der Waals surface area contributed by atoms with E-state index in [1.807, 2.05) is 12.3 Å². The van der Waals surface area contributed by atoms with Gasteiger partial charge < -0.3 is 5.73 Å². The van der Waals surface area contributed by atoms with Crippen molar-refractivity contribution >= 4 is 17.0 Å². The van der Waals surface area contributed by atoms with Gasteiger partial charge in [-0.2, -0.15) is 0 Å². The van der Waals surface area contributed by atoms with Gasteiger partial charge in [0.1, 0.15) is 0 Å². The van der Waals surface area contributed by atoms with E-state index >= 15 is 0 Å². The van der Waals surface area contributed by atoms with Crippen LogP contribution in [0.25, 0.3) is 0 Å². The molecule has 13 heavy (non-hydrogen) atoms. The molecule has 0 radical (unpaired) electrons. The zero-order chi connectivity index (χ0) is 8.81. The first kappa shape index (κ1) is 12.6. The summed E-state index contributed by atoms with van der Waals surface area (Å²) in [5, 5.41) is 0. The van der Waals surface area contributed by atoms with E-state index in [-0.39, 0.29) is 17.0 Å². The summed E-state index contributed by atoms with van der Waals surface area (Å²) in [4.78, 5) is 4.31. The zero-order valence-corrected chi connectivity index (χ0v) is 9.71. The predicted octanol–water partition coefficient (Wildman–Crippen LogP) is 2.25. The van der Waals surface area contributed by atoms with Crippen LogP contribution in [0, 0.1) is 6.92 Å². The molecule has 3 heteroatoms. The van der Waals surface area contributed by atoms with Crippen LogP contribution in [0.1, 0.15) is 24.1 Å². The molecule has 0 aliphatic carbocycles. The standard InChI is InChI=1S/C10H16N2.BrH/c1-9-5-4-8-12-10(9)6-2-3-7-11;/h4-5,8H,2-3,6-7,11H2,1H3;1H. The van der Waals surface area contributed by atoms with Crippen LogP contribution in [0.15, 0.2) is 18.3 Å². The molecule has 1 aromatic rings. The van der Waals surface area contributed by atoms with Crippen LogP contribution in [-0.4, -0.2) is 11.5 Å². The molecule has 1 heterocycles. The highest BCUT2D eigenvalue weighted by molar-refractivity contribution is 8.93. The minimum Gasteiger partial charge on any atom is -0.330 e. The third kappa shape index (κ3) is 4.39. The van der Waals surface area contributed by atoms with Gasteiger partial charge in [-0.3, -0.25) is 4.98 Å². The third-order valence-electron chi connectivity index (χ3n) is 1.99. The van der Waals surface area contributed by atoms with E-state index in [0.717, 1.165) is 25.8 Å². The highest BCUT2D eigenvalue weighted by atomic mass is 79.9. The lowest BCUT2D eigenvalue weighted by atomic mass is 10.1. The van der Waals surface area contributed by atoms with E-state index in [9.17, 15) is 0 Å². The first-order valence-electron chi connectivity index (χ1n) is 4.45. The maximum absolute atomic E-state index is 5.41. The highest BCUT2D eigenvalue weighted by Gasteiger charge is 1.96. The Morgan fingerprint density at radius 3 is 2.77 bits per heavy atom. The van der Waals surface area contributed by atoms with Crippen LogP contribution in [0.5, 0.6) is 0 Å². The summed E-state index contributed by atoms with van der Waals surface area (Å²) < 4.78 is 0. The predicted molar refractivity (Wildman–Crippen MR) is 61.3 cm³/mol. The van der Waals surface area contributed by atoms with Gasteiger partial charge in [0.05, 0.1) is 0 Å². The number of unbranched alkanes of at least 4 members (excludes halogenated alkanes) is 1. The van der Waals surface area contributed by atoms with Crippen LogP contribution >= 0.6 is 17.0 Å². The number of hydrogen-bond acceptors (Lipinski definition) is 2. The van der Waals surface area contributed by atoms with E-state index in [0.29, 0.717) is 0 Å². The number of aromatic nitrogens is 1. The van der Waals surface area contributed by atoms with Gasteiger partial charge in [0.15, 0.2) is 0 Å². The zero-order valence-electron chi connectivity index (χ0n) is 7.99. The normalized spacial score (nSPS) is 9.38. The van der Waals surface area contributed by atoms with Gasteiger partial charge in [0, 0.05) is 11.9 Å². The number of pyridine rings is 1. The molecule has 0 saturated heterocycles. The van der Waals surface area contributed by atoms with E-state index in [1.165, 1.54) is 11.3 Å². The van der Waals surface area contributed by atoms with Crippen molar-refractivity contribution in [2.75, 3.05) is 6.54 Å². The minimum atomic E-state index is 0. The molecule has 0 aromatic carbocycles. The Morgan fingerprint density at radius 2 is 2.15 bits per heavy atom. The van der Waals surface area contributed by atoms with Crippen LogP contribution in [0.4, 0.5) is 0 Å². The molecule has 0 spiro atoms. The molecule has 1 rings (SSSR count). The van der Waals surface area contributed by atoms with Crippen LogP contribution in [0.3, 0.4) is 0 Å². The van der Waals surface area contributed by atoms with Crippen molar-refractivity contribution in [2.45, 2.75) is 26.2 Å². The Morgan fingerprint density at radius 1 is 1.38 bits per heavy atom. The molecule has 0 amide bonds. The van der Waals surface area contributed by atoms with Gasteiger partial charge in [-0.1, -0.05) is 6.07 Å². The van der Waals surface area contributed by atoms with Crippen LogP contribution in [-0.2, 0) is 6.42 Å². The first-order chi connectivity index (χ1) is 5.84. The Labute approximate surface area is 90.3 Å². The fraction of sp³-hybridized carbons (Fsp3) is 0.500. The fourth-order valence-corrected chi connectivity index (χ4v) is 1.22. The van der Waals surface area contributed by atoms with Gasteiger partial charge in [-0.15, -0.1) is 17.0 Å². The Balaban J connectivity index is 0.00000144. The van der Waals surface area contributed by atoms with Gasteiger partial charge in [0.2, 0.25) is 0 Å². The number of nitrogens with zero attached hydrogens (tertiary/aromatic N) is 1. The summed E-state index contributed by atoms with van der Waals surface area (Å²) in [7, 11) is 0. The van der Waals surface area contributed by atoms with Crippen molar-refractivity contribution in [1.82, 2.24) is 4.98 Å². The number of aryl methyl sites for hydroxylation is 2. The van der Waals surface area contributed by atoms with E-state index in [2.05, 4.69) is 18.0 Å². The molecule has 74 valence electrons. The Kier molecular flexibility index (Phi) is 6.82. The second kappa shape index (κ2) is 7.04. The second-order valence-electron chi connectivity index (χ2n) is 3.01. The maximum Gasteiger partial charge on any atom is 0.0432 e. The van der Waals surface area contributed by atoms with Gasteiger partial charge in [-0.25, -0.2) is 0 Å². The summed E-state index contributed by atoms with van der Waals surface area (Å²) in [6, 6.07) is 4.08. The molecule has 0 aliphatic heterocycles. The van der Waals surface area contributed by atoms with E-state index < -0.39 is 0 Å². The lowest BCUT2D eigenvalue weighted by molar-refractivity contribution is 0.729. The molecule has 2 nitrogen and oxygen atoms in total. The highest BCUT2D eigenvalue weighted by Crippen LogP contribution is 2.06. The molecule has 0 unspecified atom stereocenters. The topological polar surface area (TPSA) is 38.9 Å². The number of hydrogen-bond donors (Lipinski definition) is 1. The van der Waals surface area contributed by atoms with Crippen molar-refractivity contribution < 1.29 is 0 Å². The van der Waals surface area contributed by atoms with Crippen molar-refractivity contribution in [3.05, 3.63) is 29.6 Å². The summed E-state index contributed by atoms with van der Waals surface area (Å²) in [5.74, 6) is 0. The average Bonchev–Trinajstić information content (AvgIpc) is 2.09. The lowest BCUT2D eigenvalue weighted by Gasteiger charge is -2.02. The second-order valence-corrected chi connectivity index (χ2v) is 3.01. The molecule has 0 bridgehead atoms. The Bertz CT molecular complexity index is 238. The van der Waals surface area contributed by atoms with Crippen molar-refractivity contribution in [1.29, 1.82) is 0 Å².